The number of H-pyrrole nitrogens is 1. The summed E-state index contributed by atoms with van der Waals surface area (Å²) in [5, 5.41) is 0. The zero-order valence-electron chi connectivity index (χ0n) is 10.8. The lowest BCUT2D eigenvalue weighted by molar-refractivity contribution is 0.579. The average molecular weight is 280 g/mol. The van der Waals surface area contributed by atoms with Crippen LogP contribution in [0.2, 0.25) is 0 Å². The molecule has 4 N–H and O–H groups in total. The standard InChI is InChI=1S/C12H16N4O2S/c1-8-5-10(13)9(2)11(6-8)19(17,18)16-7-12-14-3-4-15-12/h3-6,16H,7,13H2,1-2H3,(H,14,15). The van der Waals surface area contributed by atoms with E-state index in [0.29, 0.717) is 17.1 Å². The van der Waals surface area contributed by atoms with Gasteiger partial charge in [-0.15, -0.1) is 0 Å². The molecular weight excluding hydrogens is 264 g/mol. The maximum atomic E-state index is 12.2. The third-order valence-corrected chi connectivity index (χ3v) is 4.35. The van der Waals surface area contributed by atoms with Crippen molar-refractivity contribution in [1.82, 2.24) is 14.7 Å². The minimum absolute atomic E-state index is 0.114. The van der Waals surface area contributed by atoms with Crippen LogP contribution in [0.3, 0.4) is 0 Å². The maximum absolute atomic E-state index is 12.2. The molecule has 0 aliphatic rings. The molecule has 19 heavy (non-hydrogen) atoms. The van der Waals surface area contributed by atoms with Crippen molar-refractivity contribution in [3.63, 3.8) is 0 Å². The Bertz CT molecular complexity index is 678. The Labute approximate surface area is 112 Å². The van der Waals surface area contributed by atoms with E-state index in [0.717, 1.165) is 5.56 Å². The fraction of sp³-hybridized carbons (Fsp3) is 0.250. The van der Waals surface area contributed by atoms with Crippen molar-refractivity contribution < 1.29 is 8.42 Å². The Kier molecular flexibility index (Phi) is 3.59. The normalized spacial score (nSPS) is 11.7. The van der Waals surface area contributed by atoms with Gasteiger partial charge in [0.1, 0.15) is 5.82 Å². The van der Waals surface area contributed by atoms with E-state index in [1.54, 1.807) is 38.4 Å². The molecule has 0 saturated heterocycles. The molecule has 2 rings (SSSR count). The summed E-state index contributed by atoms with van der Waals surface area (Å²) in [5.74, 6) is 0.557. The molecule has 0 unspecified atom stereocenters. The lowest BCUT2D eigenvalue weighted by Crippen LogP contribution is -2.25. The van der Waals surface area contributed by atoms with Crippen LogP contribution >= 0.6 is 0 Å². The minimum Gasteiger partial charge on any atom is -0.398 e. The molecule has 1 aromatic heterocycles. The zero-order valence-corrected chi connectivity index (χ0v) is 11.6. The number of imidazole rings is 1. The van der Waals surface area contributed by atoms with Crippen LogP contribution < -0.4 is 10.5 Å². The first-order chi connectivity index (χ1) is 8.90. The summed E-state index contributed by atoms with van der Waals surface area (Å²) in [4.78, 5) is 7.00. The smallest absolute Gasteiger partial charge is 0.241 e. The monoisotopic (exact) mass is 280 g/mol. The summed E-state index contributed by atoms with van der Waals surface area (Å²) in [6.07, 6.45) is 3.21. The largest absolute Gasteiger partial charge is 0.398 e. The van der Waals surface area contributed by atoms with Gasteiger partial charge in [0.15, 0.2) is 0 Å². The average Bonchev–Trinajstić information content (AvgIpc) is 2.84. The SMILES string of the molecule is Cc1cc(N)c(C)c(S(=O)(=O)NCc2ncc[nH]2)c1. The Morgan fingerprint density at radius 2 is 2.11 bits per heavy atom. The van der Waals surface area contributed by atoms with E-state index >= 15 is 0 Å². The van der Waals surface area contributed by atoms with Crippen molar-refractivity contribution in [3.8, 4) is 0 Å². The van der Waals surface area contributed by atoms with E-state index in [9.17, 15) is 8.42 Å². The highest BCUT2D eigenvalue weighted by atomic mass is 32.2. The molecule has 102 valence electrons. The Morgan fingerprint density at radius 1 is 1.37 bits per heavy atom. The highest BCUT2D eigenvalue weighted by molar-refractivity contribution is 7.89. The molecule has 6 nitrogen and oxygen atoms in total. The van der Waals surface area contributed by atoms with Crippen LogP contribution in [0.1, 0.15) is 17.0 Å². The zero-order chi connectivity index (χ0) is 14.0. The van der Waals surface area contributed by atoms with Crippen LogP contribution in [0.25, 0.3) is 0 Å². The first-order valence-electron chi connectivity index (χ1n) is 5.75. The summed E-state index contributed by atoms with van der Waals surface area (Å²) in [6.45, 7) is 3.61. The number of nitrogen functional groups attached to an aromatic ring is 1. The number of aromatic amines is 1. The van der Waals surface area contributed by atoms with Gasteiger partial charge in [-0.1, -0.05) is 0 Å². The summed E-state index contributed by atoms with van der Waals surface area (Å²) >= 11 is 0. The van der Waals surface area contributed by atoms with Gasteiger partial charge in [-0.25, -0.2) is 18.1 Å². The predicted molar refractivity (Wildman–Crippen MR) is 72.9 cm³/mol. The number of aromatic nitrogens is 2. The molecule has 0 bridgehead atoms. The Balaban J connectivity index is 2.29. The molecule has 0 fully saturated rings. The van der Waals surface area contributed by atoms with Crippen molar-refractivity contribution in [2.75, 3.05) is 5.73 Å². The number of sulfonamides is 1. The molecule has 0 saturated carbocycles. The number of hydrogen-bond donors (Lipinski definition) is 3. The van der Waals surface area contributed by atoms with Crippen LogP contribution in [0.5, 0.6) is 0 Å². The lowest BCUT2D eigenvalue weighted by Gasteiger charge is -2.11. The van der Waals surface area contributed by atoms with Gasteiger partial charge in [-0.05, 0) is 37.1 Å². The van der Waals surface area contributed by atoms with Crippen molar-refractivity contribution in [2.24, 2.45) is 0 Å². The second-order valence-electron chi connectivity index (χ2n) is 4.34. The van der Waals surface area contributed by atoms with E-state index in [-0.39, 0.29) is 11.4 Å². The van der Waals surface area contributed by atoms with Gasteiger partial charge in [-0.2, -0.15) is 0 Å². The molecule has 0 spiro atoms. The fourth-order valence-corrected chi connectivity index (χ4v) is 3.11. The number of nitrogens with one attached hydrogen (secondary N) is 2. The Morgan fingerprint density at radius 3 is 2.74 bits per heavy atom. The van der Waals surface area contributed by atoms with Crippen molar-refractivity contribution in [1.29, 1.82) is 0 Å². The van der Waals surface area contributed by atoms with Gasteiger partial charge in [0.2, 0.25) is 10.0 Å². The van der Waals surface area contributed by atoms with Crippen molar-refractivity contribution in [3.05, 3.63) is 41.5 Å². The number of benzene rings is 1. The van der Waals surface area contributed by atoms with E-state index in [2.05, 4.69) is 14.7 Å². The summed E-state index contributed by atoms with van der Waals surface area (Å²) in [6, 6.07) is 3.36. The molecule has 2 aromatic rings. The van der Waals surface area contributed by atoms with Gasteiger partial charge in [0.05, 0.1) is 11.4 Å². The van der Waals surface area contributed by atoms with Gasteiger partial charge in [0.25, 0.3) is 0 Å². The quantitative estimate of drug-likeness (QED) is 0.730. The number of anilines is 1. The van der Waals surface area contributed by atoms with Crippen LogP contribution in [-0.2, 0) is 16.6 Å². The molecule has 1 aromatic carbocycles. The van der Waals surface area contributed by atoms with Crippen LogP contribution in [-0.4, -0.2) is 18.4 Å². The number of rotatable bonds is 4. The van der Waals surface area contributed by atoms with Gasteiger partial charge in [0, 0.05) is 18.1 Å². The molecule has 0 amide bonds. The summed E-state index contributed by atoms with van der Waals surface area (Å²) < 4.78 is 27.0. The topological polar surface area (TPSA) is 101 Å². The number of aryl methyl sites for hydroxylation is 1. The van der Waals surface area contributed by atoms with E-state index in [1.165, 1.54) is 0 Å². The van der Waals surface area contributed by atoms with Crippen LogP contribution in [0, 0.1) is 13.8 Å². The lowest BCUT2D eigenvalue weighted by atomic mass is 10.1. The highest BCUT2D eigenvalue weighted by Crippen LogP contribution is 2.22. The molecular formula is C12H16N4O2S. The molecule has 0 aliphatic heterocycles. The van der Waals surface area contributed by atoms with E-state index in [1.807, 2.05) is 0 Å². The summed E-state index contributed by atoms with van der Waals surface area (Å²) in [7, 11) is -3.60. The highest BCUT2D eigenvalue weighted by Gasteiger charge is 2.18. The van der Waals surface area contributed by atoms with Gasteiger partial charge < -0.3 is 10.7 Å². The van der Waals surface area contributed by atoms with Gasteiger partial charge in [-0.3, -0.25) is 0 Å². The second kappa shape index (κ2) is 5.02. The number of nitrogens with two attached hydrogens (primary N) is 1. The Hall–Kier alpha value is -1.86. The molecule has 0 atom stereocenters. The number of hydrogen-bond acceptors (Lipinski definition) is 4. The second-order valence-corrected chi connectivity index (χ2v) is 6.07. The van der Waals surface area contributed by atoms with Crippen LogP contribution in [0.4, 0.5) is 5.69 Å². The van der Waals surface area contributed by atoms with Crippen LogP contribution in [0.15, 0.2) is 29.4 Å². The van der Waals surface area contributed by atoms with E-state index < -0.39 is 10.0 Å². The molecule has 0 aliphatic carbocycles. The van der Waals surface area contributed by atoms with E-state index in [4.69, 9.17) is 5.73 Å². The third kappa shape index (κ3) is 2.94. The minimum atomic E-state index is -3.60. The first kappa shape index (κ1) is 13.6. The molecule has 7 heteroatoms. The fourth-order valence-electron chi connectivity index (χ4n) is 1.77. The van der Waals surface area contributed by atoms with Crippen molar-refractivity contribution in [2.45, 2.75) is 25.3 Å². The number of nitrogens with zero attached hydrogens (tertiary/aromatic N) is 1. The molecule has 1 heterocycles. The third-order valence-electron chi connectivity index (χ3n) is 2.82. The van der Waals surface area contributed by atoms with Crippen molar-refractivity contribution >= 4 is 15.7 Å². The first-order valence-corrected chi connectivity index (χ1v) is 7.23. The predicted octanol–water partition coefficient (Wildman–Crippen LogP) is 1.09. The van der Waals surface area contributed by atoms with Gasteiger partial charge >= 0.3 is 0 Å². The maximum Gasteiger partial charge on any atom is 0.241 e. The summed E-state index contributed by atoms with van der Waals surface area (Å²) in [5.41, 5.74) is 7.63. The molecule has 0 radical (unpaired) electrons.